The molecule has 1 unspecified atom stereocenters. The lowest BCUT2D eigenvalue weighted by molar-refractivity contribution is -0.117. The summed E-state index contributed by atoms with van der Waals surface area (Å²) in [5.74, 6) is 0.874. The maximum atomic E-state index is 11.8. The van der Waals surface area contributed by atoms with Crippen LogP contribution in [-0.2, 0) is 16.1 Å². The van der Waals surface area contributed by atoms with Crippen molar-refractivity contribution < 1.29 is 9.53 Å². The Kier molecular flexibility index (Phi) is 3.33. The third kappa shape index (κ3) is 2.12. The van der Waals surface area contributed by atoms with E-state index in [1.54, 1.807) is 7.11 Å². The molecule has 0 fully saturated rings. The number of nitrogens with one attached hydrogen (secondary N) is 2. The fourth-order valence-corrected chi connectivity index (χ4v) is 1.99. The van der Waals surface area contributed by atoms with E-state index in [0.29, 0.717) is 13.0 Å². The van der Waals surface area contributed by atoms with Crippen LogP contribution >= 0.6 is 0 Å². The van der Waals surface area contributed by atoms with Crippen LogP contribution in [0, 0.1) is 6.92 Å². The van der Waals surface area contributed by atoms with E-state index in [1.165, 1.54) is 0 Å². The Hall–Kier alpha value is -1.56. The number of hydrogen-bond acceptors (Lipinski definition) is 4. The molecule has 1 amide bonds. The van der Waals surface area contributed by atoms with E-state index >= 15 is 0 Å². The van der Waals surface area contributed by atoms with Gasteiger partial charge in [0.25, 0.3) is 0 Å². The summed E-state index contributed by atoms with van der Waals surface area (Å²) in [7, 11) is 1.63. The topological polar surface area (TPSA) is 68.2 Å². The van der Waals surface area contributed by atoms with E-state index in [-0.39, 0.29) is 11.9 Å². The van der Waals surface area contributed by atoms with Gasteiger partial charge in [-0.05, 0) is 20.3 Å². The van der Waals surface area contributed by atoms with E-state index in [0.717, 1.165) is 23.7 Å². The molecule has 1 aromatic rings. The van der Waals surface area contributed by atoms with Gasteiger partial charge in [-0.3, -0.25) is 4.79 Å². The largest absolute Gasteiger partial charge is 0.385 e. The third-order valence-corrected chi connectivity index (χ3v) is 2.91. The minimum absolute atomic E-state index is 0.0201. The Morgan fingerprint density at radius 2 is 2.29 bits per heavy atom. The van der Waals surface area contributed by atoms with Crippen LogP contribution in [0.5, 0.6) is 0 Å². The van der Waals surface area contributed by atoms with Gasteiger partial charge in [0, 0.05) is 20.3 Å². The molecule has 0 aromatic carbocycles. The standard InChI is InChI=1S/C11H18N4O2/c1-4-15-10-9(7(2)14-15)13-11(16)8(12-10)5-6-17-3/h8,12H,4-6H2,1-3H3,(H,13,16). The molecule has 6 nitrogen and oxygen atoms in total. The second-order valence-electron chi connectivity index (χ2n) is 4.09. The number of amides is 1. The van der Waals surface area contributed by atoms with E-state index in [9.17, 15) is 4.79 Å². The number of anilines is 2. The van der Waals surface area contributed by atoms with Crippen molar-refractivity contribution >= 4 is 17.4 Å². The third-order valence-electron chi connectivity index (χ3n) is 2.91. The number of rotatable bonds is 4. The molecule has 0 spiro atoms. The van der Waals surface area contributed by atoms with Gasteiger partial charge in [0.2, 0.25) is 5.91 Å². The summed E-state index contributed by atoms with van der Waals surface area (Å²) in [6.45, 7) is 5.24. The molecule has 0 saturated carbocycles. The Morgan fingerprint density at radius 1 is 1.53 bits per heavy atom. The molecule has 1 aliphatic rings. The van der Waals surface area contributed by atoms with Crippen molar-refractivity contribution in [3.63, 3.8) is 0 Å². The monoisotopic (exact) mass is 238 g/mol. The lowest BCUT2D eigenvalue weighted by atomic mass is 10.1. The second-order valence-corrected chi connectivity index (χ2v) is 4.09. The maximum absolute atomic E-state index is 11.8. The van der Waals surface area contributed by atoms with Crippen LogP contribution in [0.1, 0.15) is 19.0 Å². The minimum Gasteiger partial charge on any atom is -0.385 e. The van der Waals surface area contributed by atoms with Gasteiger partial charge in [0.05, 0.1) is 5.69 Å². The summed E-state index contributed by atoms with van der Waals surface area (Å²) in [6.07, 6.45) is 0.649. The van der Waals surface area contributed by atoms with Gasteiger partial charge in [-0.25, -0.2) is 4.68 Å². The molecule has 0 aliphatic carbocycles. The summed E-state index contributed by atoms with van der Waals surface area (Å²) in [6, 6.07) is -0.246. The summed E-state index contributed by atoms with van der Waals surface area (Å²) in [4.78, 5) is 11.8. The first-order chi connectivity index (χ1) is 8.17. The van der Waals surface area contributed by atoms with Crippen molar-refractivity contribution in [1.82, 2.24) is 9.78 Å². The number of hydrogen-bond donors (Lipinski definition) is 2. The van der Waals surface area contributed by atoms with Crippen LogP contribution < -0.4 is 10.6 Å². The van der Waals surface area contributed by atoms with Crippen molar-refractivity contribution in [3.05, 3.63) is 5.69 Å². The van der Waals surface area contributed by atoms with Crippen molar-refractivity contribution in [1.29, 1.82) is 0 Å². The molecular formula is C11H18N4O2. The first-order valence-electron chi connectivity index (χ1n) is 5.81. The summed E-state index contributed by atoms with van der Waals surface area (Å²) < 4.78 is 6.87. The van der Waals surface area contributed by atoms with Gasteiger partial charge < -0.3 is 15.4 Å². The highest BCUT2D eigenvalue weighted by Crippen LogP contribution is 2.30. The zero-order chi connectivity index (χ0) is 12.4. The molecule has 2 rings (SSSR count). The number of methoxy groups -OCH3 is 1. The van der Waals surface area contributed by atoms with Crippen LogP contribution in [0.4, 0.5) is 11.5 Å². The predicted molar refractivity (Wildman–Crippen MR) is 65.2 cm³/mol. The van der Waals surface area contributed by atoms with Gasteiger partial charge in [0.15, 0.2) is 0 Å². The number of nitrogens with zero attached hydrogens (tertiary/aromatic N) is 2. The molecule has 0 radical (unpaired) electrons. The zero-order valence-corrected chi connectivity index (χ0v) is 10.4. The van der Waals surface area contributed by atoms with Crippen molar-refractivity contribution in [3.8, 4) is 0 Å². The summed E-state index contributed by atoms with van der Waals surface area (Å²) >= 11 is 0. The SMILES string of the molecule is CCn1nc(C)c2c1NC(CCOC)C(=O)N2. The van der Waals surface area contributed by atoms with Crippen LogP contribution in [0.25, 0.3) is 0 Å². The lowest BCUT2D eigenvalue weighted by Crippen LogP contribution is -2.40. The molecule has 1 aromatic heterocycles. The number of carbonyl (C=O) groups excluding carboxylic acids is 1. The van der Waals surface area contributed by atoms with Crippen molar-refractivity contribution in [2.45, 2.75) is 32.9 Å². The fourth-order valence-electron chi connectivity index (χ4n) is 1.99. The highest BCUT2D eigenvalue weighted by Gasteiger charge is 2.29. The zero-order valence-electron chi connectivity index (χ0n) is 10.4. The average Bonchev–Trinajstić information content (AvgIpc) is 2.63. The van der Waals surface area contributed by atoms with Crippen molar-refractivity contribution in [2.24, 2.45) is 0 Å². The lowest BCUT2D eigenvalue weighted by Gasteiger charge is -2.25. The fraction of sp³-hybridized carbons (Fsp3) is 0.636. The number of aryl methyl sites for hydroxylation is 2. The summed E-state index contributed by atoms with van der Waals surface area (Å²) in [5.41, 5.74) is 1.64. The number of carbonyl (C=O) groups is 1. The first-order valence-corrected chi connectivity index (χ1v) is 5.81. The maximum Gasteiger partial charge on any atom is 0.247 e. The Bertz CT molecular complexity index is 427. The first kappa shape index (κ1) is 11.9. The molecule has 1 atom stereocenters. The van der Waals surface area contributed by atoms with E-state index in [4.69, 9.17) is 4.74 Å². The molecule has 17 heavy (non-hydrogen) atoms. The van der Waals surface area contributed by atoms with E-state index in [2.05, 4.69) is 15.7 Å². The number of aromatic nitrogens is 2. The van der Waals surface area contributed by atoms with Crippen LogP contribution in [0.2, 0.25) is 0 Å². The minimum atomic E-state index is -0.246. The molecule has 94 valence electrons. The van der Waals surface area contributed by atoms with E-state index in [1.807, 2.05) is 18.5 Å². The van der Waals surface area contributed by atoms with Crippen LogP contribution in [0.3, 0.4) is 0 Å². The van der Waals surface area contributed by atoms with Crippen molar-refractivity contribution in [2.75, 3.05) is 24.4 Å². The molecular weight excluding hydrogens is 220 g/mol. The van der Waals surface area contributed by atoms with Gasteiger partial charge in [-0.2, -0.15) is 5.10 Å². The Morgan fingerprint density at radius 3 is 2.94 bits per heavy atom. The Labute approximate surface area is 100 Å². The molecule has 2 heterocycles. The molecule has 0 bridgehead atoms. The molecule has 0 saturated heterocycles. The van der Waals surface area contributed by atoms with Gasteiger partial charge in [-0.15, -0.1) is 0 Å². The quantitative estimate of drug-likeness (QED) is 0.820. The normalized spacial score (nSPS) is 18.5. The predicted octanol–water partition coefficient (Wildman–Crippen LogP) is 0.981. The highest BCUT2D eigenvalue weighted by molar-refractivity contribution is 6.02. The Balaban J connectivity index is 2.23. The molecule has 1 aliphatic heterocycles. The van der Waals surface area contributed by atoms with Gasteiger partial charge >= 0.3 is 0 Å². The number of fused-ring (bicyclic) bond motifs is 1. The molecule has 6 heteroatoms. The summed E-state index contributed by atoms with van der Waals surface area (Å²) in [5, 5.41) is 10.5. The second kappa shape index (κ2) is 4.75. The smallest absolute Gasteiger partial charge is 0.247 e. The van der Waals surface area contributed by atoms with Gasteiger partial charge in [0.1, 0.15) is 17.5 Å². The molecule has 2 N–H and O–H groups in total. The van der Waals surface area contributed by atoms with Crippen LogP contribution in [-0.4, -0.2) is 35.4 Å². The van der Waals surface area contributed by atoms with E-state index < -0.39 is 0 Å². The average molecular weight is 238 g/mol. The highest BCUT2D eigenvalue weighted by atomic mass is 16.5. The van der Waals surface area contributed by atoms with Gasteiger partial charge in [-0.1, -0.05) is 0 Å². The van der Waals surface area contributed by atoms with Crippen LogP contribution in [0.15, 0.2) is 0 Å². The number of ether oxygens (including phenoxy) is 1.